The third kappa shape index (κ3) is 5.61. The summed E-state index contributed by atoms with van der Waals surface area (Å²) in [6.07, 6.45) is 1.27. The van der Waals surface area contributed by atoms with Crippen molar-refractivity contribution in [1.82, 2.24) is 0 Å². The van der Waals surface area contributed by atoms with Crippen molar-refractivity contribution in [3.8, 4) is 17.2 Å². The summed E-state index contributed by atoms with van der Waals surface area (Å²) in [6, 6.07) is 10.4. The summed E-state index contributed by atoms with van der Waals surface area (Å²) < 4.78 is 26.8. The second-order valence-electron chi connectivity index (χ2n) is 6.72. The number of esters is 1. The lowest BCUT2D eigenvalue weighted by atomic mass is 10.1. The maximum atomic E-state index is 12.7. The van der Waals surface area contributed by atoms with E-state index in [0.29, 0.717) is 35.7 Å². The molecule has 0 spiro atoms. The molecular formula is C23H24O7. The smallest absolute Gasteiger partial charge is 0.344 e. The van der Waals surface area contributed by atoms with Gasteiger partial charge in [-0.05, 0) is 56.2 Å². The van der Waals surface area contributed by atoms with Crippen LogP contribution in [0.3, 0.4) is 0 Å². The van der Waals surface area contributed by atoms with E-state index in [1.165, 1.54) is 6.26 Å². The number of carbonyl (C=O) groups excluding carboxylic acids is 1. The summed E-state index contributed by atoms with van der Waals surface area (Å²) in [5.74, 6) is 0.546. The largest absolute Gasteiger partial charge is 0.482 e. The van der Waals surface area contributed by atoms with Gasteiger partial charge in [0, 0.05) is 12.7 Å². The molecule has 0 aliphatic rings. The fourth-order valence-electron chi connectivity index (χ4n) is 2.91. The topological polar surface area (TPSA) is 84.2 Å². The van der Waals surface area contributed by atoms with Crippen LogP contribution in [0.15, 0.2) is 51.9 Å². The van der Waals surface area contributed by atoms with E-state index in [2.05, 4.69) is 0 Å². The molecule has 0 aliphatic heterocycles. The summed E-state index contributed by atoms with van der Waals surface area (Å²) in [5.41, 5.74) is 2.11. The lowest BCUT2D eigenvalue weighted by molar-refractivity contribution is -0.147. The minimum absolute atomic E-state index is 0.0963. The van der Waals surface area contributed by atoms with Crippen molar-refractivity contribution in [3.63, 3.8) is 0 Å². The van der Waals surface area contributed by atoms with Gasteiger partial charge in [0.2, 0.25) is 11.2 Å². The number of ether oxygens (including phenoxy) is 4. The highest BCUT2D eigenvalue weighted by Gasteiger charge is 2.12. The van der Waals surface area contributed by atoms with E-state index in [1.807, 2.05) is 39.0 Å². The van der Waals surface area contributed by atoms with Gasteiger partial charge in [-0.25, -0.2) is 4.79 Å². The highest BCUT2D eigenvalue weighted by Crippen LogP contribution is 2.25. The van der Waals surface area contributed by atoms with Crippen LogP contribution >= 0.6 is 0 Å². The maximum Gasteiger partial charge on any atom is 0.344 e. The Morgan fingerprint density at radius 2 is 1.77 bits per heavy atom. The Morgan fingerprint density at radius 3 is 2.50 bits per heavy atom. The van der Waals surface area contributed by atoms with Crippen molar-refractivity contribution in [2.24, 2.45) is 0 Å². The first-order valence-electron chi connectivity index (χ1n) is 9.64. The lowest BCUT2D eigenvalue weighted by Crippen LogP contribution is -2.17. The van der Waals surface area contributed by atoms with E-state index in [9.17, 15) is 9.59 Å². The summed E-state index contributed by atoms with van der Waals surface area (Å²) >= 11 is 0. The second kappa shape index (κ2) is 9.93. The average molecular weight is 412 g/mol. The Balaban J connectivity index is 1.68. The van der Waals surface area contributed by atoms with Crippen LogP contribution in [0.2, 0.25) is 0 Å². The van der Waals surface area contributed by atoms with Gasteiger partial charge in [0.15, 0.2) is 6.61 Å². The molecule has 3 rings (SSSR count). The molecule has 0 amide bonds. The molecule has 158 valence electrons. The van der Waals surface area contributed by atoms with Gasteiger partial charge in [-0.15, -0.1) is 0 Å². The molecule has 0 atom stereocenters. The van der Waals surface area contributed by atoms with Gasteiger partial charge in [-0.2, -0.15) is 0 Å². The van der Waals surface area contributed by atoms with Crippen LogP contribution in [0, 0.1) is 13.8 Å². The summed E-state index contributed by atoms with van der Waals surface area (Å²) in [5, 5.41) is 0.350. The van der Waals surface area contributed by atoms with Gasteiger partial charge < -0.3 is 23.4 Å². The zero-order valence-corrected chi connectivity index (χ0v) is 17.2. The van der Waals surface area contributed by atoms with Crippen molar-refractivity contribution in [3.05, 3.63) is 64.0 Å². The molecule has 30 heavy (non-hydrogen) atoms. The molecule has 7 nitrogen and oxygen atoms in total. The molecule has 0 fully saturated rings. The molecule has 0 bridgehead atoms. The van der Waals surface area contributed by atoms with E-state index in [-0.39, 0.29) is 24.4 Å². The summed E-state index contributed by atoms with van der Waals surface area (Å²) in [6.45, 7) is 6.60. The number of hydrogen-bond donors (Lipinski definition) is 0. The average Bonchev–Trinajstić information content (AvgIpc) is 2.71. The third-order valence-electron chi connectivity index (χ3n) is 4.19. The standard InChI is InChI=1S/C23H24O7/c1-4-26-7-8-27-22(24)14-28-17-5-6-19-20(12-17)29-13-21(23(19)25)30-18-10-15(2)9-16(3)11-18/h5-6,9-13H,4,7-8,14H2,1-3H3. The van der Waals surface area contributed by atoms with Crippen LogP contribution in [0.25, 0.3) is 11.0 Å². The zero-order valence-electron chi connectivity index (χ0n) is 17.2. The van der Waals surface area contributed by atoms with Crippen molar-refractivity contribution < 1.29 is 28.2 Å². The molecule has 0 saturated heterocycles. The Morgan fingerprint density at radius 1 is 1.00 bits per heavy atom. The van der Waals surface area contributed by atoms with Gasteiger partial charge in [0.25, 0.3) is 0 Å². The Kier molecular flexibility index (Phi) is 7.08. The predicted molar refractivity (Wildman–Crippen MR) is 111 cm³/mol. The summed E-state index contributed by atoms with van der Waals surface area (Å²) in [7, 11) is 0. The minimum Gasteiger partial charge on any atom is -0.482 e. The fraction of sp³-hybridized carbons (Fsp3) is 0.304. The van der Waals surface area contributed by atoms with Crippen LogP contribution in [-0.2, 0) is 14.3 Å². The molecule has 0 N–H and O–H groups in total. The molecule has 7 heteroatoms. The monoisotopic (exact) mass is 412 g/mol. The number of fused-ring (bicyclic) bond motifs is 1. The molecule has 3 aromatic rings. The van der Waals surface area contributed by atoms with Crippen LogP contribution in [0.4, 0.5) is 0 Å². The van der Waals surface area contributed by atoms with Gasteiger partial charge in [0.05, 0.1) is 12.0 Å². The molecule has 1 heterocycles. The molecule has 0 saturated carbocycles. The SMILES string of the molecule is CCOCCOC(=O)COc1ccc2c(=O)c(Oc3cc(C)cc(C)c3)coc2c1. The van der Waals surface area contributed by atoms with Gasteiger partial charge >= 0.3 is 5.97 Å². The van der Waals surface area contributed by atoms with E-state index in [4.69, 9.17) is 23.4 Å². The zero-order chi connectivity index (χ0) is 21.5. The van der Waals surface area contributed by atoms with Crippen LogP contribution in [0.5, 0.6) is 17.2 Å². The maximum absolute atomic E-state index is 12.7. The van der Waals surface area contributed by atoms with Gasteiger partial charge in [-0.1, -0.05) is 6.07 Å². The molecule has 0 aliphatic carbocycles. The quantitative estimate of drug-likeness (QED) is 0.385. The molecule has 0 unspecified atom stereocenters. The first-order chi connectivity index (χ1) is 14.5. The first-order valence-corrected chi connectivity index (χ1v) is 9.64. The Bertz CT molecular complexity index is 1060. The Hall–Kier alpha value is -3.32. The second-order valence-corrected chi connectivity index (χ2v) is 6.72. The number of benzene rings is 2. The molecular weight excluding hydrogens is 388 g/mol. The molecule has 0 radical (unpaired) electrons. The lowest BCUT2D eigenvalue weighted by Gasteiger charge is -2.09. The van der Waals surface area contributed by atoms with Gasteiger partial charge in [0.1, 0.15) is 30.0 Å². The van der Waals surface area contributed by atoms with Gasteiger partial charge in [-0.3, -0.25) is 4.79 Å². The Labute approximate surface area is 174 Å². The number of carbonyl (C=O) groups is 1. The van der Waals surface area contributed by atoms with Crippen molar-refractivity contribution in [1.29, 1.82) is 0 Å². The third-order valence-corrected chi connectivity index (χ3v) is 4.19. The number of aryl methyl sites for hydroxylation is 2. The van der Waals surface area contributed by atoms with E-state index in [0.717, 1.165) is 11.1 Å². The van der Waals surface area contributed by atoms with Crippen LogP contribution < -0.4 is 14.9 Å². The van der Waals surface area contributed by atoms with Crippen molar-refractivity contribution in [2.75, 3.05) is 26.4 Å². The van der Waals surface area contributed by atoms with E-state index < -0.39 is 5.97 Å². The number of hydrogen-bond acceptors (Lipinski definition) is 7. The normalized spacial score (nSPS) is 10.8. The first kappa shape index (κ1) is 21.4. The van der Waals surface area contributed by atoms with Crippen molar-refractivity contribution >= 4 is 16.9 Å². The highest BCUT2D eigenvalue weighted by molar-refractivity contribution is 5.79. The van der Waals surface area contributed by atoms with E-state index in [1.54, 1.807) is 18.2 Å². The van der Waals surface area contributed by atoms with Crippen LogP contribution in [0.1, 0.15) is 18.1 Å². The predicted octanol–water partition coefficient (Wildman–Crippen LogP) is 4.16. The number of rotatable bonds is 9. The van der Waals surface area contributed by atoms with Crippen LogP contribution in [-0.4, -0.2) is 32.4 Å². The summed E-state index contributed by atoms with van der Waals surface area (Å²) in [4.78, 5) is 24.4. The molecule has 1 aromatic heterocycles. The molecule has 2 aromatic carbocycles. The van der Waals surface area contributed by atoms with Crippen molar-refractivity contribution in [2.45, 2.75) is 20.8 Å². The highest BCUT2D eigenvalue weighted by atomic mass is 16.6. The minimum atomic E-state index is -0.506. The fourth-order valence-corrected chi connectivity index (χ4v) is 2.91. The van der Waals surface area contributed by atoms with E-state index >= 15 is 0 Å².